The minimum atomic E-state index is -4.74. The maximum atomic E-state index is 13.0. The lowest BCUT2D eigenvalue weighted by atomic mass is 10.2. The summed E-state index contributed by atoms with van der Waals surface area (Å²) in [6, 6.07) is 5.56. The standard InChI is InChI=1S/C15H21F2N3O5S2/c16-15(17)26(21,22)14-4-2-1-3-13(14)18-5-7-19(8-6-18)27(23,24)20-9-11-25-12-10-20/h1-4,15H,5-12H2. The number of alkyl halides is 2. The van der Waals surface area contributed by atoms with Crippen molar-refractivity contribution in [2.45, 2.75) is 10.7 Å². The Kier molecular flexibility index (Phi) is 6.01. The van der Waals surface area contributed by atoms with Gasteiger partial charge in [-0.15, -0.1) is 0 Å². The Morgan fingerprint density at radius 1 is 0.852 bits per heavy atom. The molecule has 0 radical (unpaired) electrons. The number of anilines is 1. The molecule has 0 amide bonds. The van der Waals surface area contributed by atoms with Crippen LogP contribution in [0.25, 0.3) is 0 Å². The maximum Gasteiger partial charge on any atom is 0.341 e. The number of para-hydroxylation sites is 1. The summed E-state index contributed by atoms with van der Waals surface area (Å²) in [6.45, 7) is 1.97. The molecule has 8 nitrogen and oxygen atoms in total. The highest BCUT2D eigenvalue weighted by Crippen LogP contribution is 2.30. The highest BCUT2D eigenvalue weighted by molar-refractivity contribution is 7.91. The largest absolute Gasteiger partial charge is 0.379 e. The molecule has 2 saturated heterocycles. The molecule has 0 unspecified atom stereocenters. The summed E-state index contributed by atoms with van der Waals surface area (Å²) in [5.41, 5.74) is 0.168. The van der Waals surface area contributed by atoms with Crippen molar-refractivity contribution in [2.24, 2.45) is 0 Å². The molecule has 0 bridgehead atoms. The van der Waals surface area contributed by atoms with Gasteiger partial charge < -0.3 is 9.64 Å². The molecule has 1 aromatic carbocycles. The number of ether oxygens (including phenoxy) is 1. The van der Waals surface area contributed by atoms with E-state index in [-0.39, 0.29) is 45.0 Å². The van der Waals surface area contributed by atoms with Crippen LogP contribution in [-0.4, -0.2) is 83.7 Å². The van der Waals surface area contributed by atoms with Crippen molar-refractivity contribution in [3.63, 3.8) is 0 Å². The summed E-state index contributed by atoms with van der Waals surface area (Å²) < 4.78 is 83.0. The van der Waals surface area contributed by atoms with E-state index in [4.69, 9.17) is 4.74 Å². The van der Waals surface area contributed by atoms with E-state index < -0.39 is 30.7 Å². The Bertz CT molecular complexity index is 865. The first-order valence-electron chi connectivity index (χ1n) is 8.43. The molecule has 0 N–H and O–H groups in total. The van der Waals surface area contributed by atoms with E-state index in [1.165, 1.54) is 20.7 Å². The molecule has 3 rings (SSSR count). The number of morpholine rings is 1. The van der Waals surface area contributed by atoms with Crippen LogP contribution in [-0.2, 0) is 24.8 Å². The van der Waals surface area contributed by atoms with Gasteiger partial charge in [-0.2, -0.15) is 25.8 Å². The number of sulfone groups is 1. The molecular weight excluding hydrogens is 404 g/mol. The molecule has 27 heavy (non-hydrogen) atoms. The van der Waals surface area contributed by atoms with Gasteiger partial charge in [0.25, 0.3) is 10.2 Å². The molecule has 2 fully saturated rings. The molecule has 2 heterocycles. The van der Waals surface area contributed by atoms with E-state index in [1.54, 1.807) is 11.0 Å². The second-order valence-electron chi connectivity index (χ2n) is 6.18. The van der Waals surface area contributed by atoms with E-state index in [9.17, 15) is 25.6 Å². The van der Waals surface area contributed by atoms with E-state index in [0.29, 0.717) is 13.2 Å². The second-order valence-corrected chi connectivity index (χ2v) is 9.99. The number of rotatable bonds is 5. The summed E-state index contributed by atoms with van der Waals surface area (Å²) in [7, 11) is -8.37. The molecule has 0 spiro atoms. The first kappa shape index (κ1) is 20.4. The van der Waals surface area contributed by atoms with Crippen LogP contribution in [0.5, 0.6) is 0 Å². The molecule has 0 saturated carbocycles. The zero-order valence-electron chi connectivity index (χ0n) is 14.5. The van der Waals surface area contributed by atoms with Gasteiger partial charge in [0.15, 0.2) is 0 Å². The van der Waals surface area contributed by atoms with Crippen molar-refractivity contribution in [1.82, 2.24) is 8.61 Å². The number of halogens is 2. The topological polar surface area (TPSA) is 87.2 Å². The molecular formula is C15H21F2N3O5S2. The fraction of sp³-hybridized carbons (Fsp3) is 0.600. The van der Waals surface area contributed by atoms with Crippen LogP contribution < -0.4 is 4.90 Å². The fourth-order valence-corrected chi connectivity index (χ4v) is 5.67. The Hall–Kier alpha value is -1.34. The molecule has 1 aromatic rings. The first-order chi connectivity index (χ1) is 12.7. The van der Waals surface area contributed by atoms with Crippen molar-refractivity contribution >= 4 is 25.7 Å². The second kappa shape index (κ2) is 7.95. The molecule has 12 heteroatoms. The fourth-order valence-electron chi connectivity index (χ4n) is 3.16. The SMILES string of the molecule is O=S(=O)(c1ccccc1N1CCN(S(=O)(=O)N2CCOCC2)CC1)C(F)F. The van der Waals surface area contributed by atoms with Gasteiger partial charge in [-0.05, 0) is 12.1 Å². The van der Waals surface area contributed by atoms with Gasteiger partial charge >= 0.3 is 5.76 Å². The van der Waals surface area contributed by atoms with Gasteiger partial charge in [-0.25, -0.2) is 8.42 Å². The third-order valence-corrected chi connectivity index (χ3v) is 8.07. The lowest BCUT2D eigenvalue weighted by Crippen LogP contribution is -2.55. The van der Waals surface area contributed by atoms with E-state index in [2.05, 4.69) is 0 Å². The van der Waals surface area contributed by atoms with E-state index in [1.807, 2.05) is 0 Å². The Balaban J connectivity index is 1.75. The Morgan fingerprint density at radius 2 is 1.41 bits per heavy atom. The molecule has 0 atom stereocenters. The summed E-state index contributed by atoms with van der Waals surface area (Å²) in [6.07, 6.45) is 0. The highest BCUT2D eigenvalue weighted by atomic mass is 32.2. The maximum absolute atomic E-state index is 13.0. The van der Waals surface area contributed by atoms with Crippen LogP contribution in [0.4, 0.5) is 14.5 Å². The summed E-state index contributed by atoms with van der Waals surface area (Å²) in [5, 5.41) is 0. The zero-order valence-corrected chi connectivity index (χ0v) is 16.1. The molecule has 0 aliphatic carbocycles. The van der Waals surface area contributed by atoms with Crippen LogP contribution in [0.15, 0.2) is 29.2 Å². The number of benzene rings is 1. The van der Waals surface area contributed by atoms with Crippen molar-refractivity contribution in [2.75, 3.05) is 57.4 Å². The lowest BCUT2D eigenvalue weighted by Gasteiger charge is -2.38. The normalized spacial score (nSPS) is 20.9. The summed E-state index contributed by atoms with van der Waals surface area (Å²) in [5.74, 6) is -3.51. The quantitative estimate of drug-likeness (QED) is 0.678. The highest BCUT2D eigenvalue weighted by Gasteiger charge is 2.35. The number of piperazine rings is 1. The summed E-state index contributed by atoms with van der Waals surface area (Å²) >= 11 is 0. The summed E-state index contributed by atoms with van der Waals surface area (Å²) in [4.78, 5) is 1.19. The lowest BCUT2D eigenvalue weighted by molar-refractivity contribution is 0.0700. The minimum Gasteiger partial charge on any atom is -0.379 e. The molecule has 152 valence electrons. The van der Waals surface area contributed by atoms with Crippen LogP contribution in [0.2, 0.25) is 0 Å². The average molecular weight is 425 g/mol. The van der Waals surface area contributed by atoms with Crippen LogP contribution in [0.1, 0.15) is 0 Å². The van der Waals surface area contributed by atoms with E-state index in [0.717, 1.165) is 6.07 Å². The molecule has 2 aliphatic rings. The number of nitrogens with zero attached hydrogens (tertiary/aromatic N) is 3. The van der Waals surface area contributed by atoms with E-state index >= 15 is 0 Å². The van der Waals surface area contributed by atoms with Gasteiger partial charge in [-0.3, -0.25) is 0 Å². The average Bonchev–Trinajstić information content (AvgIpc) is 2.68. The van der Waals surface area contributed by atoms with Crippen molar-refractivity contribution in [3.05, 3.63) is 24.3 Å². The zero-order chi connectivity index (χ0) is 19.7. The van der Waals surface area contributed by atoms with Gasteiger partial charge in [0.2, 0.25) is 9.84 Å². The smallest absolute Gasteiger partial charge is 0.341 e. The predicted octanol–water partition coefficient (Wildman–Crippen LogP) is 0.382. The van der Waals surface area contributed by atoms with Gasteiger partial charge in [-0.1, -0.05) is 12.1 Å². The molecule has 0 aromatic heterocycles. The van der Waals surface area contributed by atoms with Gasteiger partial charge in [0, 0.05) is 39.3 Å². The third kappa shape index (κ3) is 4.09. The van der Waals surface area contributed by atoms with Crippen molar-refractivity contribution in [3.8, 4) is 0 Å². The predicted molar refractivity (Wildman–Crippen MR) is 94.7 cm³/mol. The minimum absolute atomic E-state index is 0.142. The van der Waals surface area contributed by atoms with Crippen LogP contribution >= 0.6 is 0 Å². The number of hydrogen-bond acceptors (Lipinski definition) is 6. The first-order valence-corrected chi connectivity index (χ1v) is 11.4. The van der Waals surface area contributed by atoms with Crippen LogP contribution in [0.3, 0.4) is 0 Å². The van der Waals surface area contributed by atoms with Crippen molar-refractivity contribution in [1.29, 1.82) is 0 Å². The van der Waals surface area contributed by atoms with Gasteiger partial charge in [0.1, 0.15) is 0 Å². The Labute approximate surface area is 157 Å². The van der Waals surface area contributed by atoms with Crippen molar-refractivity contribution < 1.29 is 30.4 Å². The van der Waals surface area contributed by atoms with Gasteiger partial charge in [0.05, 0.1) is 23.8 Å². The monoisotopic (exact) mass is 425 g/mol. The third-order valence-electron chi connectivity index (χ3n) is 4.61. The van der Waals surface area contributed by atoms with Crippen LogP contribution in [0, 0.1) is 0 Å². The Morgan fingerprint density at radius 3 is 2.00 bits per heavy atom. The molecule has 2 aliphatic heterocycles. The number of hydrogen-bond donors (Lipinski definition) is 0.